The van der Waals surface area contributed by atoms with Gasteiger partial charge in [0.2, 0.25) is 0 Å². The maximum atomic E-state index is 11.7. The molecule has 0 amide bonds. The summed E-state index contributed by atoms with van der Waals surface area (Å²) in [6.07, 6.45) is 0. The van der Waals surface area contributed by atoms with E-state index in [1.54, 1.807) is 0 Å². The number of thioether (sulfide) groups is 2. The molecule has 0 aromatic carbocycles. The fourth-order valence-electron chi connectivity index (χ4n) is 1.05. The first kappa shape index (κ1) is 12.5. The number of carbonyl (C=O) groups excluding carboxylic acids is 2. The van der Waals surface area contributed by atoms with Crippen LogP contribution >= 0.6 is 23.5 Å². The van der Waals surface area contributed by atoms with E-state index in [4.69, 9.17) is 4.74 Å². The van der Waals surface area contributed by atoms with Gasteiger partial charge in [0.05, 0.1) is 9.81 Å². The largest absolute Gasteiger partial charge is 0.374 e. The fraction of sp³-hybridized carbons (Fsp3) is 0.400. The molecule has 3 nitrogen and oxygen atoms in total. The zero-order chi connectivity index (χ0) is 11.3. The van der Waals surface area contributed by atoms with Gasteiger partial charge in [-0.05, 0) is 24.7 Å². The lowest BCUT2D eigenvalue weighted by Gasteiger charge is -2.05. The lowest BCUT2D eigenvalue weighted by molar-refractivity contribution is -0.123. The van der Waals surface area contributed by atoms with Crippen LogP contribution in [0.3, 0.4) is 0 Å². The lowest BCUT2D eigenvalue weighted by Crippen LogP contribution is -2.17. The second kappa shape index (κ2) is 6.15. The predicted octanol–water partition coefficient (Wildman–Crippen LogP) is 2.34. The molecule has 1 aliphatic heterocycles. The Morgan fingerprint density at radius 3 is 2.40 bits per heavy atom. The first-order valence-electron chi connectivity index (χ1n) is 4.51. The normalized spacial score (nSPS) is 14.4. The van der Waals surface area contributed by atoms with Gasteiger partial charge in [-0.15, -0.1) is 0 Å². The van der Waals surface area contributed by atoms with Crippen molar-refractivity contribution in [3.05, 3.63) is 20.6 Å². The van der Waals surface area contributed by atoms with Crippen molar-refractivity contribution >= 4 is 35.1 Å². The van der Waals surface area contributed by atoms with Crippen LogP contribution in [0.1, 0.15) is 13.8 Å². The Hall–Kier alpha value is -0.520. The summed E-state index contributed by atoms with van der Waals surface area (Å²) in [5.41, 5.74) is 0.267. The van der Waals surface area contributed by atoms with E-state index in [-0.39, 0.29) is 23.7 Å². The number of hydrogen-bond acceptors (Lipinski definition) is 5. The van der Waals surface area contributed by atoms with Gasteiger partial charge < -0.3 is 4.74 Å². The van der Waals surface area contributed by atoms with Crippen molar-refractivity contribution in [2.75, 3.05) is 13.2 Å². The monoisotopic (exact) mass is 244 g/mol. The molecule has 0 N–H and O–H groups in total. The molecule has 0 aromatic rings. The number of hydrogen-bond donors (Lipinski definition) is 0. The number of rotatable bonds is 5. The summed E-state index contributed by atoms with van der Waals surface area (Å²) in [4.78, 5) is 23.0. The Balaban J connectivity index is 2.79. The van der Waals surface area contributed by atoms with Crippen molar-refractivity contribution in [2.45, 2.75) is 13.8 Å². The van der Waals surface area contributed by atoms with Crippen LogP contribution < -0.4 is 0 Å². The van der Waals surface area contributed by atoms with Crippen molar-refractivity contribution < 1.29 is 14.3 Å². The Morgan fingerprint density at radius 2 is 1.93 bits per heavy atom. The zero-order valence-electron chi connectivity index (χ0n) is 8.61. The van der Waals surface area contributed by atoms with Crippen molar-refractivity contribution in [1.29, 1.82) is 0 Å². The predicted molar refractivity (Wildman–Crippen MR) is 63.5 cm³/mol. The van der Waals surface area contributed by atoms with E-state index in [0.29, 0.717) is 6.61 Å². The number of carbonyl (C=O) groups is 2. The van der Waals surface area contributed by atoms with Gasteiger partial charge in [0, 0.05) is 6.61 Å². The Labute approximate surface area is 97.3 Å². The van der Waals surface area contributed by atoms with E-state index >= 15 is 0 Å². The van der Waals surface area contributed by atoms with E-state index in [1.165, 1.54) is 30.4 Å². The molecule has 0 atom stereocenters. The summed E-state index contributed by atoms with van der Waals surface area (Å²) in [6.45, 7) is 3.68. The molecule has 1 aliphatic rings. The number of Topliss-reactive ketones (excluding diaryl/α,β-unsaturated/α-hetero) is 2. The maximum Gasteiger partial charge on any atom is 0.193 e. The summed E-state index contributed by atoms with van der Waals surface area (Å²) in [5, 5.41) is 3.72. The lowest BCUT2D eigenvalue weighted by atomic mass is 10.1. The Kier molecular flexibility index (Phi) is 5.14. The van der Waals surface area contributed by atoms with Gasteiger partial charge in [0.25, 0.3) is 0 Å². The molecule has 0 saturated carbocycles. The van der Waals surface area contributed by atoms with Crippen LogP contribution in [0.25, 0.3) is 0 Å². The molecule has 0 saturated heterocycles. The molecule has 0 fully saturated rings. The van der Waals surface area contributed by atoms with Gasteiger partial charge >= 0.3 is 0 Å². The summed E-state index contributed by atoms with van der Waals surface area (Å²) in [5.74, 6) is -0.429. The highest BCUT2D eigenvalue weighted by molar-refractivity contribution is 8.27. The Bertz CT molecular complexity index is 322. The third-order valence-electron chi connectivity index (χ3n) is 1.68. The smallest absolute Gasteiger partial charge is 0.193 e. The van der Waals surface area contributed by atoms with Crippen molar-refractivity contribution in [1.82, 2.24) is 0 Å². The van der Waals surface area contributed by atoms with Gasteiger partial charge in [0.1, 0.15) is 6.61 Å². The molecule has 0 bridgehead atoms. The highest BCUT2D eigenvalue weighted by Crippen LogP contribution is 2.40. The fourth-order valence-corrected chi connectivity index (χ4v) is 3.04. The molecule has 0 aliphatic carbocycles. The summed E-state index contributed by atoms with van der Waals surface area (Å²) < 4.78 is 5.77. The minimum atomic E-state index is -0.233. The van der Waals surface area contributed by atoms with Crippen LogP contribution in [0, 0.1) is 0 Å². The molecule has 15 heavy (non-hydrogen) atoms. The van der Waals surface area contributed by atoms with E-state index in [1.807, 2.05) is 17.7 Å². The third kappa shape index (κ3) is 3.52. The van der Waals surface area contributed by atoms with E-state index in [9.17, 15) is 9.59 Å². The van der Waals surface area contributed by atoms with Crippen molar-refractivity contribution in [3.8, 4) is 0 Å². The summed E-state index contributed by atoms with van der Waals surface area (Å²) in [6, 6.07) is 0. The van der Waals surface area contributed by atoms with Crippen LogP contribution in [0.5, 0.6) is 0 Å². The molecule has 0 aromatic heterocycles. The SMILES string of the molecule is CCOCC(=O)C(C(C)=O)=C1SC=CS1. The highest BCUT2D eigenvalue weighted by Gasteiger charge is 2.21. The maximum absolute atomic E-state index is 11.7. The molecule has 1 rings (SSSR count). The standard InChI is InChI=1S/C10H12O3S2/c1-3-13-6-8(12)9(7(2)11)10-14-4-5-15-10/h4-5H,3,6H2,1-2H3. The van der Waals surface area contributed by atoms with E-state index < -0.39 is 0 Å². The quantitative estimate of drug-likeness (QED) is 0.422. The van der Waals surface area contributed by atoms with Gasteiger partial charge in [-0.25, -0.2) is 0 Å². The summed E-state index contributed by atoms with van der Waals surface area (Å²) >= 11 is 2.81. The third-order valence-corrected chi connectivity index (χ3v) is 3.81. The van der Waals surface area contributed by atoms with Crippen LogP contribution in [-0.4, -0.2) is 24.8 Å². The van der Waals surface area contributed by atoms with Crippen LogP contribution in [0.15, 0.2) is 20.6 Å². The first-order chi connectivity index (χ1) is 7.16. The minimum Gasteiger partial charge on any atom is -0.374 e. The summed E-state index contributed by atoms with van der Waals surface area (Å²) in [7, 11) is 0. The molecule has 1 heterocycles. The topological polar surface area (TPSA) is 43.4 Å². The highest BCUT2D eigenvalue weighted by atomic mass is 32.2. The zero-order valence-corrected chi connectivity index (χ0v) is 10.2. The van der Waals surface area contributed by atoms with Crippen LogP contribution in [-0.2, 0) is 14.3 Å². The second-order valence-corrected chi connectivity index (χ2v) is 4.88. The van der Waals surface area contributed by atoms with Gasteiger partial charge in [-0.1, -0.05) is 23.5 Å². The van der Waals surface area contributed by atoms with E-state index in [0.717, 1.165) is 4.24 Å². The van der Waals surface area contributed by atoms with E-state index in [2.05, 4.69) is 0 Å². The first-order valence-corrected chi connectivity index (χ1v) is 6.27. The molecule has 5 heteroatoms. The molecular weight excluding hydrogens is 232 g/mol. The van der Waals surface area contributed by atoms with Gasteiger partial charge in [0.15, 0.2) is 11.6 Å². The number of ether oxygens (including phenoxy) is 1. The Morgan fingerprint density at radius 1 is 1.33 bits per heavy atom. The molecule has 0 radical (unpaired) electrons. The second-order valence-electron chi connectivity index (χ2n) is 2.79. The molecule has 0 unspecified atom stereocenters. The number of ketones is 2. The molecule has 0 spiro atoms. The van der Waals surface area contributed by atoms with Crippen molar-refractivity contribution in [3.63, 3.8) is 0 Å². The van der Waals surface area contributed by atoms with Gasteiger partial charge in [-0.3, -0.25) is 9.59 Å². The minimum absolute atomic E-state index is 0.0178. The van der Waals surface area contributed by atoms with Crippen LogP contribution in [0.2, 0.25) is 0 Å². The average molecular weight is 244 g/mol. The van der Waals surface area contributed by atoms with Crippen LogP contribution in [0.4, 0.5) is 0 Å². The molecule has 82 valence electrons. The average Bonchev–Trinajstić information content (AvgIpc) is 2.67. The van der Waals surface area contributed by atoms with Crippen molar-refractivity contribution in [2.24, 2.45) is 0 Å². The molecular formula is C10H12O3S2. The van der Waals surface area contributed by atoms with Gasteiger partial charge in [-0.2, -0.15) is 0 Å².